The molecule has 1 aromatic heterocycles. The lowest BCUT2D eigenvalue weighted by atomic mass is 10.1. The first-order valence-corrected chi connectivity index (χ1v) is 5.62. The third-order valence-corrected chi connectivity index (χ3v) is 3.00. The maximum atomic E-state index is 5.79. The Balaban J connectivity index is 0.000000810. The largest absolute Gasteiger partial charge is 0.412 e. The van der Waals surface area contributed by atoms with Crippen LogP contribution in [0.2, 0.25) is 0 Å². The number of likely N-dealkylation sites (N-methyl/N-ethyl adjacent to an activating group) is 1. The molecule has 0 spiro atoms. The van der Waals surface area contributed by atoms with Gasteiger partial charge in [0.2, 0.25) is 0 Å². The predicted molar refractivity (Wildman–Crippen MR) is 73.2 cm³/mol. The number of rotatable bonds is 2. The van der Waals surface area contributed by atoms with Crippen LogP contribution in [0.15, 0.2) is 24.3 Å². The zero-order chi connectivity index (χ0) is 11.0. The first kappa shape index (κ1) is 14.9. The van der Waals surface area contributed by atoms with Crippen LogP contribution in [0.5, 0.6) is 0 Å². The smallest absolute Gasteiger partial charge is 0.112 e. The lowest BCUT2D eigenvalue weighted by Gasteiger charge is -2.24. The number of fused-ring (bicyclic) bond motifs is 3. The topological polar surface area (TPSA) is 70.6 Å². The molecule has 1 aliphatic rings. The maximum absolute atomic E-state index is 5.79. The highest BCUT2D eigenvalue weighted by Gasteiger charge is 2.24. The number of aromatic nitrogens is 2. The number of hydrogen-bond acceptors (Lipinski definition) is 3. The number of nitrogens with one attached hydrogen (secondary N) is 1. The second kappa shape index (κ2) is 6.15. The van der Waals surface area contributed by atoms with Crippen molar-refractivity contribution in [2.75, 3.05) is 20.2 Å². The van der Waals surface area contributed by atoms with Crippen molar-refractivity contribution in [3.8, 4) is 0 Å². The van der Waals surface area contributed by atoms with Crippen LogP contribution in [-0.2, 0) is 11.3 Å². The molecule has 3 N–H and O–H groups in total. The van der Waals surface area contributed by atoms with Crippen LogP contribution in [0.1, 0.15) is 11.8 Å². The first-order valence-electron chi connectivity index (χ1n) is 5.62. The van der Waals surface area contributed by atoms with E-state index in [1.54, 1.807) is 0 Å². The van der Waals surface area contributed by atoms with E-state index in [2.05, 4.69) is 33.3 Å². The molecular weight excluding hydrogens is 254 g/mol. The van der Waals surface area contributed by atoms with E-state index < -0.39 is 0 Å². The fraction of sp³-hybridized carbons (Fsp3) is 0.417. The van der Waals surface area contributed by atoms with Gasteiger partial charge in [0.15, 0.2) is 0 Å². The average molecular weight is 272 g/mol. The van der Waals surface area contributed by atoms with Gasteiger partial charge in [0.25, 0.3) is 0 Å². The lowest BCUT2D eigenvalue weighted by molar-refractivity contribution is 0.0195. The van der Waals surface area contributed by atoms with Gasteiger partial charge in [-0.15, -0.1) is 12.4 Å². The monoisotopic (exact) mass is 271 g/mol. The van der Waals surface area contributed by atoms with Gasteiger partial charge in [-0.05, 0) is 13.1 Å². The van der Waals surface area contributed by atoms with E-state index in [0.717, 1.165) is 25.2 Å². The van der Waals surface area contributed by atoms with Crippen LogP contribution in [0.4, 0.5) is 0 Å². The van der Waals surface area contributed by atoms with E-state index in [1.165, 1.54) is 11.1 Å². The number of benzene rings is 1. The molecule has 1 aromatic carbocycles. The lowest BCUT2D eigenvalue weighted by Crippen LogP contribution is -2.28. The summed E-state index contributed by atoms with van der Waals surface area (Å²) in [6, 6.07) is 8.24. The number of halogens is 1. The van der Waals surface area contributed by atoms with Crippen LogP contribution >= 0.6 is 12.4 Å². The van der Waals surface area contributed by atoms with Gasteiger partial charge in [-0.2, -0.15) is 5.10 Å². The molecular formula is C12H18ClN3O2. The molecule has 2 aromatic rings. The minimum absolute atomic E-state index is 0. The van der Waals surface area contributed by atoms with Crippen LogP contribution in [0.3, 0.4) is 0 Å². The van der Waals surface area contributed by atoms with Crippen molar-refractivity contribution in [3.05, 3.63) is 30.0 Å². The molecule has 1 aliphatic heterocycles. The summed E-state index contributed by atoms with van der Waals surface area (Å²) in [4.78, 5) is 0. The van der Waals surface area contributed by atoms with Gasteiger partial charge in [-0.25, -0.2) is 0 Å². The van der Waals surface area contributed by atoms with Gasteiger partial charge in [0.1, 0.15) is 6.10 Å². The van der Waals surface area contributed by atoms with E-state index in [1.807, 2.05) is 13.1 Å². The van der Waals surface area contributed by atoms with Gasteiger partial charge in [0, 0.05) is 11.9 Å². The second-order valence-corrected chi connectivity index (χ2v) is 4.04. The Labute approximate surface area is 112 Å². The molecule has 18 heavy (non-hydrogen) atoms. The molecule has 0 fully saturated rings. The molecule has 6 heteroatoms. The number of ether oxygens (including phenoxy) is 1. The molecule has 0 saturated carbocycles. The summed E-state index contributed by atoms with van der Waals surface area (Å²) in [5.41, 5.74) is 2.26. The first-order chi connectivity index (χ1) is 7.90. The Kier molecular flexibility index (Phi) is 5.10. The molecule has 0 bridgehead atoms. The summed E-state index contributed by atoms with van der Waals surface area (Å²) in [5, 5.41) is 8.97. The third-order valence-electron chi connectivity index (χ3n) is 3.00. The van der Waals surface area contributed by atoms with Crippen LogP contribution in [0.25, 0.3) is 10.9 Å². The van der Waals surface area contributed by atoms with Crippen molar-refractivity contribution in [3.63, 3.8) is 0 Å². The highest BCUT2D eigenvalue weighted by molar-refractivity contribution is 5.85. The summed E-state index contributed by atoms with van der Waals surface area (Å²) >= 11 is 0. The fourth-order valence-electron chi connectivity index (χ4n) is 2.31. The van der Waals surface area contributed by atoms with Gasteiger partial charge < -0.3 is 15.5 Å². The molecule has 0 radical (unpaired) electrons. The zero-order valence-electron chi connectivity index (χ0n) is 10.2. The molecule has 3 rings (SSSR count). The summed E-state index contributed by atoms with van der Waals surface area (Å²) in [6.45, 7) is 2.42. The molecule has 1 atom stereocenters. The van der Waals surface area contributed by atoms with Gasteiger partial charge in [-0.3, -0.25) is 4.68 Å². The summed E-state index contributed by atoms with van der Waals surface area (Å²) in [7, 11) is 1.95. The van der Waals surface area contributed by atoms with Crippen molar-refractivity contribution < 1.29 is 10.2 Å². The molecule has 0 saturated heterocycles. The van der Waals surface area contributed by atoms with Crippen molar-refractivity contribution in [1.29, 1.82) is 0 Å². The molecule has 0 aliphatic carbocycles. The fourth-order valence-corrected chi connectivity index (χ4v) is 2.31. The Bertz CT molecular complexity index is 515. The molecule has 0 amide bonds. The van der Waals surface area contributed by atoms with E-state index in [4.69, 9.17) is 4.74 Å². The molecule has 5 nitrogen and oxygen atoms in total. The minimum atomic E-state index is 0. The van der Waals surface area contributed by atoms with Crippen LogP contribution < -0.4 is 5.32 Å². The zero-order valence-corrected chi connectivity index (χ0v) is 11.0. The standard InChI is InChI=1S/C12H15N3O.ClH.H2O/c1-13-8-11-12-9-4-2-3-5-10(9)14-15(12)6-7-16-11;;/h2-5,11,13H,6-8H2,1H3;1H;1H2/t11-;;/m1../s1. The minimum Gasteiger partial charge on any atom is -0.412 e. The maximum Gasteiger partial charge on any atom is 0.112 e. The highest BCUT2D eigenvalue weighted by Crippen LogP contribution is 2.28. The van der Waals surface area contributed by atoms with Gasteiger partial charge in [0.05, 0.1) is 24.4 Å². The van der Waals surface area contributed by atoms with E-state index in [9.17, 15) is 0 Å². The Morgan fingerprint density at radius 1 is 1.44 bits per heavy atom. The highest BCUT2D eigenvalue weighted by atomic mass is 35.5. The van der Waals surface area contributed by atoms with Crippen molar-refractivity contribution in [1.82, 2.24) is 15.1 Å². The van der Waals surface area contributed by atoms with Crippen LogP contribution in [0, 0.1) is 0 Å². The predicted octanol–water partition coefficient (Wildman–Crippen LogP) is 0.924. The molecule has 2 heterocycles. The molecule has 100 valence electrons. The van der Waals surface area contributed by atoms with E-state index in [0.29, 0.717) is 0 Å². The Hall–Kier alpha value is -1.14. The second-order valence-electron chi connectivity index (χ2n) is 4.04. The number of nitrogens with zero attached hydrogens (tertiary/aromatic N) is 2. The Morgan fingerprint density at radius 2 is 2.22 bits per heavy atom. The summed E-state index contributed by atoms with van der Waals surface area (Å²) in [5.74, 6) is 0. The van der Waals surface area contributed by atoms with E-state index in [-0.39, 0.29) is 24.0 Å². The van der Waals surface area contributed by atoms with Gasteiger partial charge in [-0.1, -0.05) is 18.2 Å². The van der Waals surface area contributed by atoms with Crippen molar-refractivity contribution in [2.24, 2.45) is 0 Å². The third kappa shape index (κ3) is 2.35. The summed E-state index contributed by atoms with van der Waals surface area (Å²) < 4.78 is 7.87. The quantitative estimate of drug-likeness (QED) is 0.883. The summed E-state index contributed by atoms with van der Waals surface area (Å²) in [6.07, 6.45) is 0.117. The van der Waals surface area contributed by atoms with Crippen LogP contribution in [-0.4, -0.2) is 35.5 Å². The van der Waals surface area contributed by atoms with Crippen molar-refractivity contribution in [2.45, 2.75) is 12.6 Å². The SMILES string of the molecule is CNC[C@H]1OCCn2nc3ccccc3c21.Cl.O. The normalized spacial score (nSPS) is 17.7. The number of hydrogen-bond donors (Lipinski definition) is 1. The Morgan fingerprint density at radius 3 is 3.00 bits per heavy atom. The van der Waals surface area contributed by atoms with Crippen molar-refractivity contribution >= 4 is 23.3 Å². The van der Waals surface area contributed by atoms with E-state index >= 15 is 0 Å². The van der Waals surface area contributed by atoms with Gasteiger partial charge >= 0.3 is 0 Å². The average Bonchev–Trinajstić information content (AvgIpc) is 2.68. The molecule has 0 unspecified atom stereocenters.